The summed E-state index contributed by atoms with van der Waals surface area (Å²) in [5.74, 6) is -14.4. The molecule has 0 aromatic carbocycles. The SMILES string of the molecule is CC[C@H](C)[C@H](NC(=O)[C@H](CCCCN)NC(=O)CNC(=O)[C@H](CO)NC(=O)[C@@H](NC(=O)[C@H](CC(C)C)NC(=O)[C@@H](N)CCCCN)[C@@H](C)O)C(=O)N[C@@H](C)C(=O)N[C@@H](CO)C(=O)N[C@@H](CO)C(=O)N[C@@H](CC(C)C)C(=O)N[C@@H](CC(N)=O)C(=O)O. The molecule has 0 saturated carbocycles. The van der Waals surface area contributed by atoms with Crippen molar-refractivity contribution in [3.05, 3.63) is 0 Å². The van der Waals surface area contributed by atoms with Gasteiger partial charge in [-0.25, -0.2) is 4.79 Å². The van der Waals surface area contributed by atoms with Crippen molar-refractivity contribution in [2.24, 2.45) is 40.7 Å². The topological polar surface area (TPSA) is 559 Å². The fourth-order valence-electron chi connectivity index (χ4n) is 7.96. The molecule has 0 aliphatic carbocycles. The van der Waals surface area contributed by atoms with Crippen LogP contribution in [-0.4, -0.2) is 214 Å². The minimum atomic E-state index is -1.80. The fraction of sp³-hybridized carbons (Fsp3) is 0.750. The predicted molar refractivity (Wildman–Crippen MR) is 305 cm³/mol. The minimum Gasteiger partial charge on any atom is -0.480 e. The number of carboxylic acids is 1. The van der Waals surface area contributed by atoms with Gasteiger partial charge in [0.25, 0.3) is 0 Å². The summed E-state index contributed by atoms with van der Waals surface area (Å²) in [6.07, 6.45) is 0.175. The van der Waals surface area contributed by atoms with Crippen LogP contribution in [0.1, 0.15) is 120 Å². The highest BCUT2D eigenvalue weighted by Gasteiger charge is 2.37. The smallest absolute Gasteiger partial charge is 0.326 e. The molecule has 0 bridgehead atoms. The first-order valence-electron chi connectivity index (χ1n) is 28.3. The number of hydrogen-bond donors (Lipinski definition) is 20. The van der Waals surface area contributed by atoms with Crippen molar-refractivity contribution in [3.8, 4) is 0 Å². The lowest BCUT2D eigenvalue weighted by molar-refractivity contribution is -0.144. The van der Waals surface area contributed by atoms with E-state index < -0.39 is 188 Å². The van der Waals surface area contributed by atoms with Crippen molar-refractivity contribution in [3.63, 3.8) is 0 Å². The van der Waals surface area contributed by atoms with Crippen molar-refractivity contribution < 1.29 is 87.9 Å². The van der Waals surface area contributed by atoms with Gasteiger partial charge in [0.2, 0.25) is 70.9 Å². The van der Waals surface area contributed by atoms with Crippen LogP contribution in [0.25, 0.3) is 0 Å². The molecule has 0 aliphatic heterocycles. The molecule has 0 saturated heterocycles. The van der Waals surface area contributed by atoms with Crippen LogP contribution in [0, 0.1) is 17.8 Å². The zero-order chi connectivity index (χ0) is 65.3. The van der Waals surface area contributed by atoms with E-state index in [4.69, 9.17) is 22.9 Å². The zero-order valence-electron chi connectivity index (χ0n) is 49.8. The van der Waals surface area contributed by atoms with Crippen molar-refractivity contribution in [1.82, 2.24) is 58.5 Å². The molecule has 0 spiro atoms. The van der Waals surface area contributed by atoms with Crippen LogP contribution in [0.3, 0.4) is 0 Å². The van der Waals surface area contributed by atoms with E-state index >= 15 is 0 Å². The van der Waals surface area contributed by atoms with E-state index in [-0.39, 0.29) is 44.1 Å². The largest absolute Gasteiger partial charge is 0.480 e. The molecule has 0 heterocycles. The number of aliphatic hydroxyl groups is 4. The van der Waals surface area contributed by atoms with Gasteiger partial charge in [-0.05, 0) is 89.6 Å². The molecule has 33 heteroatoms. The van der Waals surface area contributed by atoms with E-state index in [0.29, 0.717) is 38.6 Å². The number of nitrogens with one attached hydrogen (secondary N) is 11. The summed E-state index contributed by atoms with van der Waals surface area (Å²) in [5.41, 5.74) is 22.3. The van der Waals surface area contributed by atoms with E-state index in [2.05, 4.69) is 58.5 Å². The third-order valence-corrected chi connectivity index (χ3v) is 13.1. The lowest BCUT2D eigenvalue weighted by Crippen LogP contribution is -2.61. The molecule has 0 fully saturated rings. The summed E-state index contributed by atoms with van der Waals surface area (Å²) in [5, 5.41) is 75.7. The molecule has 24 N–H and O–H groups in total. The monoisotopic (exact) mass is 1220 g/mol. The van der Waals surface area contributed by atoms with E-state index in [1.807, 2.05) is 0 Å². The quantitative estimate of drug-likeness (QED) is 0.0252. The van der Waals surface area contributed by atoms with Crippen LogP contribution >= 0.6 is 0 Å². The molecule has 0 aliphatic rings. The molecule has 0 unspecified atom stereocenters. The summed E-state index contributed by atoms with van der Waals surface area (Å²) < 4.78 is 0. The summed E-state index contributed by atoms with van der Waals surface area (Å²) in [7, 11) is 0. The van der Waals surface area contributed by atoms with Gasteiger partial charge in [0.05, 0.1) is 44.9 Å². The molecule has 33 nitrogen and oxygen atoms in total. The Hall–Kier alpha value is -7.17. The maximum Gasteiger partial charge on any atom is 0.326 e. The molecule has 0 radical (unpaired) electrons. The number of carbonyl (C=O) groups excluding carboxylic acids is 12. The Kier molecular flexibility index (Phi) is 37.5. The van der Waals surface area contributed by atoms with E-state index in [0.717, 1.165) is 0 Å². The first kappa shape index (κ1) is 77.8. The van der Waals surface area contributed by atoms with Gasteiger partial charge in [-0.2, -0.15) is 0 Å². The number of aliphatic hydroxyl groups excluding tert-OH is 4. The van der Waals surface area contributed by atoms with Gasteiger partial charge in [-0.15, -0.1) is 0 Å². The third kappa shape index (κ3) is 30.0. The fourth-order valence-corrected chi connectivity index (χ4v) is 7.96. The number of amides is 12. The number of carboxylic acid groups (broad SMARTS) is 1. The number of aliphatic carboxylic acids is 1. The Morgan fingerprint density at radius 1 is 0.447 bits per heavy atom. The Morgan fingerprint density at radius 2 is 0.847 bits per heavy atom. The van der Waals surface area contributed by atoms with E-state index in [9.17, 15) is 87.9 Å². The number of nitrogens with two attached hydrogens (primary N) is 4. The standard InChI is InChI=1S/C52H95N15O18/c1-9-27(6)40(50(82)58-28(7)42(74)63-36(23-69)49(81)64-37(24-70)48(80)61-32(18-25(2)3)46(78)62-34(52(84)85)20-38(56)72)66-45(77)31(15-11-13-17-54)59-39(73)21-57-44(76)35(22-68)65-51(83)41(29(8)71)67-47(79)33(19-26(4)5)60-43(75)30(55)14-10-12-16-53/h25-37,40-41,68-71H,9-24,53-55H2,1-8H3,(H2,56,72)(H,57,76)(H,58,82)(H,59,73)(H,60,75)(H,61,80)(H,62,78)(H,63,74)(H,64,81)(H,65,83)(H,66,77)(H,67,79)(H,84,85)/t27-,28-,29+,30-,31-,32-,33-,34-,35-,36-,37-,40-,41-/m0/s1. The summed E-state index contributed by atoms with van der Waals surface area (Å²) in [6.45, 7) is 9.22. The normalized spacial score (nSPS) is 15.8. The molecular formula is C52H95N15O18. The van der Waals surface area contributed by atoms with Crippen molar-refractivity contribution >= 4 is 76.9 Å². The lowest BCUT2D eigenvalue weighted by Gasteiger charge is -2.28. The van der Waals surface area contributed by atoms with Gasteiger partial charge < -0.3 is 107 Å². The Balaban J connectivity index is 6.03. The van der Waals surface area contributed by atoms with Gasteiger partial charge >= 0.3 is 5.97 Å². The third-order valence-electron chi connectivity index (χ3n) is 13.1. The molecule has 13 atom stereocenters. The van der Waals surface area contributed by atoms with Gasteiger partial charge in [0.15, 0.2) is 0 Å². The Morgan fingerprint density at radius 3 is 1.31 bits per heavy atom. The highest BCUT2D eigenvalue weighted by Crippen LogP contribution is 2.12. The second-order valence-electron chi connectivity index (χ2n) is 21.5. The average molecular weight is 1220 g/mol. The number of unbranched alkanes of at least 4 members (excludes halogenated alkanes) is 2. The molecule has 0 aromatic heterocycles. The number of hydrogen-bond acceptors (Lipinski definition) is 20. The van der Waals surface area contributed by atoms with Crippen LogP contribution in [0.4, 0.5) is 0 Å². The van der Waals surface area contributed by atoms with Gasteiger partial charge in [0, 0.05) is 0 Å². The molecule has 0 aromatic rings. The van der Waals surface area contributed by atoms with Crippen molar-refractivity contribution in [2.45, 2.75) is 192 Å². The van der Waals surface area contributed by atoms with Gasteiger partial charge in [0.1, 0.15) is 60.4 Å². The van der Waals surface area contributed by atoms with Crippen molar-refractivity contribution in [2.75, 3.05) is 39.5 Å². The van der Waals surface area contributed by atoms with Crippen LogP contribution in [-0.2, 0) is 62.3 Å². The van der Waals surface area contributed by atoms with E-state index in [1.54, 1.807) is 41.5 Å². The predicted octanol–water partition coefficient (Wildman–Crippen LogP) is -7.99. The number of primary amides is 1. The molecular weight excluding hydrogens is 1120 g/mol. The molecule has 85 heavy (non-hydrogen) atoms. The summed E-state index contributed by atoms with van der Waals surface area (Å²) in [4.78, 5) is 170. The minimum absolute atomic E-state index is 0.0235. The van der Waals surface area contributed by atoms with E-state index in [1.165, 1.54) is 13.8 Å². The number of carbonyl (C=O) groups is 13. The van der Waals surface area contributed by atoms with Crippen molar-refractivity contribution in [1.29, 1.82) is 0 Å². The van der Waals surface area contributed by atoms with Gasteiger partial charge in [-0.1, -0.05) is 54.4 Å². The lowest BCUT2D eigenvalue weighted by atomic mass is 9.97. The first-order valence-corrected chi connectivity index (χ1v) is 28.3. The van der Waals surface area contributed by atoms with Crippen LogP contribution < -0.4 is 81.4 Å². The summed E-state index contributed by atoms with van der Waals surface area (Å²) in [6, 6.07) is -16.5. The maximum atomic E-state index is 13.9. The molecule has 486 valence electrons. The van der Waals surface area contributed by atoms with Crippen LogP contribution in [0.5, 0.6) is 0 Å². The van der Waals surface area contributed by atoms with Crippen LogP contribution in [0.2, 0.25) is 0 Å². The Labute approximate surface area is 494 Å². The average Bonchev–Trinajstić information content (AvgIpc) is 3.58. The first-order chi connectivity index (χ1) is 39.8. The van der Waals surface area contributed by atoms with Gasteiger partial charge in [-0.3, -0.25) is 57.5 Å². The molecule has 12 amide bonds. The summed E-state index contributed by atoms with van der Waals surface area (Å²) >= 11 is 0. The highest BCUT2D eigenvalue weighted by atomic mass is 16.4. The second kappa shape index (κ2) is 41.0. The number of rotatable bonds is 43. The van der Waals surface area contributed by atoms with Crippen LogP contribution in [0.15, 0.2) is 0 Å². The molecule has 0 rings (SSSR count). The highest BCUT2D eigenvalue weighted by molar-refractivity contribution is 5.99. The maximum absolute atomic E-state index is 13.9. The second-order valence-corrected chi connectivity index (χ2v) is 21.5. The zero-order valence-corrected chi connectivity index (χ0v) is 49.8. The Bertz CT molecular complexity index is 2230.